The molecule has 0 aliphatic heterocycles. The Balaban J connectivity index is 2.42. The maximum absolute atomic E-state index is 4.60. The Morgan fingerprint density at radius 2 is 2.00 bits per heavy atom. The van der Waals surface area contributed by atoms with Gasteiger partial charge in [0, 0.05) is 23.2 Å². The van der Waals surface area contributed by atoms with Crippen LogP contribution in [0.1, 0.15) is 5.69 Å². The number of hydrogen-bond acceptors (Lipinski definition) is 3. The Hall–Kier alpha value is -2.01. The quantitative estimate of drug-likeness (QED) is 0.369. The summed E-state index contributed by atoms with van der Waals surface area (Å²) in [4.78, 5) is 8.81. The van der Waals surface area contributed by atoms with Crippen molar-refractivity contribution in [1.82, 2.24) is 19.6 Å². The lowest BCUT2D eigenvalue weighted by atomic mass is 10.1. The fourth-order valence-corrected chi connectivity index (χ4v) is 2.79. The highest BCUT2D eigenvalue weighted by Crippen LogP contribution is 2.28. The van der Waals surface area contributed by atoms with Gasteiger partial charge < -0.3 is 0 Å². The van der Waals surface area contributed by atoms with E-state index >= 15 is 0 Å². The van der Waals surface area contributed by atoms with Crippen LogP contribution in [0.25, 0.3) is 27.3 Å². The van der Waals surface area contributed by atoms with Gasteiger partial charge in [0.2, 0.25) is 0 Å². The van der Waals surface area contributed by atoms with Gasteiger partial charge in [-0.2, -0.15) is 5.10 Å². The van der Waals surface area contributed by atoms with Crippen LogP contribution in [0.4, 0.5) is 0 Å². The zero-order valence-corrected chi connectivity index (χ0v) is 11.7. The second-order valence-corrected chi connectivity index (χ2v) is 5.32. The van der Waals surface area contributed by atoms with Crippen molar-refractivity contribution in [3.05, 3.63) is 47.0 Å². The predicted octanol–water partition coefficient (Wildman–Crippen LogP) is 3.50. The molecule has 4 heterocycles. The van der Waals surface area contributed by atoms with Crippen LogP contribution in [0.15, 0.2) is 41.3 Å². The highest BCUT2D eigenvalue weighted by atomic mass is 79.9. The number of pyridine rings is 3. The molecule has 4 rings (SSSR count). The van der Waals surface area contributed by atoms with E-state index in [9.17, 15) is 0 Å². The standard InChI is InChI=1S/C14H9BrN4/c1-8-6-12-14-9(2-3-13(15)17-14)10-7-16-5-4-11(10)19(12)18-8/h2-7H,1H3. The van der Waals surface area contributed by atoms with Crippen molar-refractivity contribution in [2.45, 2.75) is 6.92 Å². The Morgan fingerprint density at radius 3 is 2.89 bits per heavy atom. The van der Waals surface area contributed by atoms with Crippen LogP contribution in [0, 0.1) is 6.92 Å². The molecule has 0 atom stereocenters. The number of aryl methyl sites for hydroxylation is 1. The van der Waals surface area contributed by atoms with Crippen molar-refractivity contribution in [1.29, 1.82) is 0 Å². The molecular formula is C14H9BrN4. The highest BCUT2D eigenvalue weighted by Gasteiger charge is 2.11. The second-order valence-electron chi connectivity index (χ2n) is 4.51. The van der Waals surface area contributed by atoms with Crippen LogP contribution in [0.3, 0.4) is 0 Å². The van der Waals surface area contributed by atoms with E-state index < -0.39 is 0 Å². The van der Waals surface area contributed by atoms with Crippen LogP contribution < -0.4 is 0 Å². The van der Waals surface area contributed by atoms with Gasteiger partial charge in [-0.25, -0.2) is 9.50 Å². The molecule has 0 bridgehead atoms. The van der Waals surface area contributed by atoms with Crippen molar-refractivity contribution in [3.8, 4) is 0 Å². The third-order valence-electron chi connectivity index (χ3n) is 3.25. The van der Waals surface area contributed by atoms with Gasteiger partial charge in [-0.15, -0.1) is 0 Å². The summed E-state index contributed by atoms with van der Waals surface area (Å²) in [7, 11) is 0. The number of halogens is 1. The largest absolute Gasteiger partial charge is 0.264 e. The zero-order valence-electron chi connectivity index (χ0n) is 10.1. The van der Waals surface area contributed by atoms with Crippen LogP contribution >= 0.6 is 15.9 Å². The van der Waals surface area contributed by atoms with Crippen molar-refractivity contribution in [3.63, 3.8) is 0 Å². The van der Waals surface area contributed by atoms with E-state index in [1.54, 1.807) is 6.20 Å². The van der Waals surface area contributed by atoms with E-state index in [0.29, 0.717) is 0 Å². The first-order chi connectivity index (χ1) is 9.24. The summed E-state index contributed by atoms with van der Waals surface area (Å²) in [6.45, 7) is 1.99. The van der Waals surface area contributed by atoms with Crippen LogP contribution in [0.2, 0.25) is 0 Å². The molecule has 0 fully saturated rings. The minimum absolute atomic E-state index is 0.823. The predicted molar refractivity (Wildman–Crippen MR) is 78.2 cm³/mol. The molecule has 0 aromatic carbocycles. The minimum Gasteiger partial charge on any atom is -0.264 e. The minimum atomic E-state index is 0.823. The van der Waals surface area contributed by atoms with Gasteiger partial charge in [-0.05, 0) is 47.1 Å². The molecule has 0 amide bonds. The van der Waals surface area contributed by atoms with Crippen LogP contribution in [0.5, 0.6) is 0 Å². The fraction of sp³-hybridized carbons (Fsp3) is 0.0714. The van der Waals surface area contributed by atoms with E-state index in [1.807, 2.05) is 29.8 Å². The average molecular weight is 313 g/mol. The van der Waals surface area contributed by atoms with Crippen molar-refractivity contribution >= 4 is 43.3 Å². The number of aromatic nitrogens is 4. The third-order valence-corrected chi connectivity index (χ3v) is 3.69. The van der Waals surface area contributed by atoms with Gasteiger partial charge in [0.1, 0.15) is 4.60 Å². The van der Waals surface area contributed by atoms with Crippen LogP contribution in [-0.2, 0) is 0 Å². The first kappa shape index (κ1) is 10.9. The average Bonchev–Trinajstić information content (AvgIpc) is 2.81. The van der Waals surface area contributed by atoms with Gasteiger partial charge in [0.15, 0.2) is 0 Å². The number of hydrogen-bond donors (Lipinski definition) is 0. The number of fused-ring (bicyclic) bond motifs is 6. The number of rotatable bonds is 0. The number of nitrogens with zero attached hydrogens (tertiary/aromatic N) is 4. The fourth-order valence-electron chi connectivity index (χ4n) is 2.48. The molecule has 92 valence electrons. The van der Waals surface area contributed by atoms with E-state index in [0.717, 1.165) is 37.6 Å². The molecule has 0 saturated carbocycles. The molecule has 0 aliphatic rings. The molecule has 0 N–H and O–H groups in total. The summed E-state index contributed by atoms with van der Waals surface area (Å²) in [6.07, 6.45) is 3.65. The van der Waals surface area contributed by atoms with Gasteiger partial charge in [-0.3, -0.25) is 4.98 Å². The van der Waals surface area contributed by atoms with E-state index in [2.05, 4.69) is 43.1 Å². The molecule has 19 heavy (non-hydrogen) atoms. The van der Waals surface area contributed by atoms with E-state index in [-0.39, 0.29) is 0 Å². The first-order valence-corrected chi connectivity index (χ1v) is 6.72. The van der Waals surface area contributed by atoms with Gasteiger partial charge in [0.25, 0.3) is 0 Å². The summed E-state index contributed by atoms with van der Waals surface area (Å²) in [5.41, 5.74) is 3.99. The smallest absolute Gasteiger partial charge is 0.106 e. The molecule has 5 heteroatoms. The van der Waals surface area contributed by atoms with Gasteiger partial charge in [0.05, 0.1) is 22.2 Å². The third kappa shape index (κ3) is 1.48. The Labute approximate surface area is 117 Å². The molecule has 0 radical (unpaired) electrons. The lowest BCUT2D eigenvalue weighted by molar-refractivity contribution is 0.972. The van der Waals surface area contributed by atoms with Crippen molar-refractivity contribution < 1.29 is 0 Å². The lowest BCUT2D eigenvalue weighted by Crippen LogP contribution is -1.94. The second kappa shape index (κ2) is 3.74. The topological polar surface area (TPSA) is 43.1 Å². The molecule has 0 aliphatic carbocycles. The zero-order chi connectivity index (χ0) is 13.0. The Bertz CT molecular complexity index is 942. The molecule has 0 spiro atoms. The molecule has 4 aromatic rings. The van der Waals surface area contributed by atoms with E-state index in [1.165, 1.54) is 0 Å². The molecule has 4 nitrogen and oxygen atoms in total. The maximum atomic E-state index is 4.60. The Kier molecular flexibility index (Phi) is 2.14. The monoisotopic (exact) mass is 312 g/mol. The van der Waals surface area contributed by atoms with E-state index in [4.69, 9.17) is 0 Å². The summed E-state index contributed by atoms with van der Waals surface area (Å²) in [5.74, 6) is 0. The van der Waals surface area contributed by atoms with Gasteiger partial charge >= 0.3 is 0 Å². The van der Waals surface area contributed by atoms with Crippen LogP contribution in [-0.4, -0.2) is 19.6 Å². The lowest BCUT2D eigenvalue weighted by Gasteiger charge is -2.06. The SMILES string of the molecule is Cc1cc2c3nc(Br)ccc3c3cnccc3n2n1. The summed E-state index contributed by atoms with van der Waals surface area (Å²) in [6, 6.07) is 8.06. The Morgan fingerprint density at radius 1 is 1.11 bits per heavy atom. The molecule has 4 aromatic heterocycles. The molecule has 0 unspecified atom stereocenters. The maximum Gasteiger partial charge on any atom is 0.106 e. The molecular weight excluding hydrogens is 304 g/mol. The molecule has 0 saturated heterocycles. The van der Waals surface area contributed by atoms with Crippen molar-refractivity contribution in [2.24, 2.45) is 0 Å². The highest BCUT2D eigenvalue weighted by molar-refractivity contribution is 9.10. The summed E-state index contributed by atoms with van der Waals surface area (Å²) in [5, 5.41) is 6.71. The summed E-state index contributed by atoms with van der Waals surface area (Å²) >= 11 is 3.43. The normalized spacial score (nSPS) is 11.7. The van der Waals surface area contributed by atoms with Crippen molar-refractivity contribution in [2.75, 3.05) is 0 Å². The summed E-state index contributed by atoms with van der Waals surface area (Å²) < 4.78 is 2.76. The van der Waals surface area contributed by atoms with Gasteiger partial charge in [-0.1, -0.05) is 0 Å². The first-order valence-electron chi connectivity index (χ1n) is 5.92.